The van der Waals surface area contributed by atoms with Crippen molar-refractivity contribution in [2.24, 2.45) is 0 Å². The van der Waals surface area contributed by atoms with Crippen molar-refractivity contribution in [1.82, 2.24) is 4.31 Å². The summed E-state index contributed by atoms with van der Waals surface area (Å²) in [7, 11) is -2.48. The molecule has 1 unspecified atom stereocenters. The molecule has 21 heavy (non-hydrogen) atoms. The standard InChI is InChI=1S/C13H19FN2O4S/c1-5-6-10(3)15(4)21(19,20)13-8-12(16(17)18)11(14)7-9(13)2/h7-8,10H,5-6H2,1-4H3. The molecule has 0 spiro atoms. The Balaban J connectivity index is 3.38. The second-order valence-corrected chi connectivity index (χ2v) is 6.95. The molecule has 118 valence electrons. The van der Waals surface area contributed by atoms with Crippen molar-refractivity contribution in [1.29, 1.82) is 0 Å². The van der Waals surface area contributed by atoms with Crippen LogP contribution in [-0.4, -0.2) is 30.7 Å². The monoisotopic (exact) mass is 318 g/mol. The number of nitro benzene ring substituents is 1. The second kappa shape index (κ2) is 6.48. The van der Waals surface area contributed by atoms with Gasteiger partial charge in [0.15, 0.2) is 0 Å². The van der Waals surface area contributed by atoms with Gasteiger partial charge in [-0.05, 0) is 31.9 Å². The number of hydrogen-bond acceptors (Lipinski definition) is 4. The first kappa shape index (κ1) is 17.5. The highest BCUT2D eigenvalue weighted by atomic mass is 32.2. The third-order valence-corrected chi connectivity index (χ3v) is 5.54. The van der Waals surface area contributed by atoms with E-state index in [-0.39, 0.29) is 16.5 Å². The summed E-state index contributed by atoms with van der Waals surface area (Å²) in [6, 6.07) is 1.42. The third-order valence-electron chi connectivity index (χ3n) is 3.43. The molecule has 1 atom stereocenters. The van der Waals surface area contributed by atoms with E-state index in [1.54, 1.807) is 6.92 Å². The van der Waals surface area contributed by atoms with Crippen LogP contribution < -0.4 is 0 Å². The average Bonchev–Trinajstić information content (AvgIpc) is 2.37. The number of halogens is 1. The summed E-state index contributed by atoms with van der Waals surface area (Å²) in [5.41, 5.74) is -0.690. The molecular weight excluding hydrogens is 299 g/mol. The molecule has 0 N–H and O–H groups in total. The van der Waals surface area contributed by atoms with Gasteiger partial charge in [-0.25, -0.2) is 8.42 Å². The van der Waals surface area contributed by atoms with E-state index in [1.807, 2.05) is 6.92 Å². The van der Waals surface area contributed by atoms with Crippen molar-refractivity contribution in [3.05, 3.63) is 33.6 Å². The molecular formula is C13H19FN2O4S. The molecule has 1 rings (SSSR count). The van der Waals surface area contributed by atoms with E-state index < -0.39 is 26.5 Å². The summed E-state index contributed by atoms with van der Waals surface area (Å²) < 4.78 is 39.7. The van der Waals surface area contributed by atoms with Crippen LogP contribution in [0.3, 0.4) is 0 Å². The molecule has 0 saturated heterocycles. The quantitative estimate of drug-likeness (QED) is 0.596. The van der Waals surface area contributed by atoms with Gasteiger partial charge in [-0.15, -0.1) is 0 Å². The average molecular weight is 318 g/mol. The van der Waals surface area contributed by atoms with E-state index in [0.717, 1.165) is 18.6 Å². The number of nitrogens with zero attached hydrogens (tertiary/aromatic N) is 2. The second-order valence-electron chi connectivity index (χ2n) is 4.99. The third kappa shape index (κ3) is 3.56. The van der Waals surface area contributed by atoms with Crippen molar-refractivity contribution in [2.45, 2.75) is 44.6 Å². The van der Waals surface area contributed by atoms with Crippen molar-refractivity contribution < 1.29 is 17.7 Å². The topological polar surface area (TPSA) is 80.5 Å². The van der Waals surface area contributed by atoms with Crippen LogP contribution in [0.15, 0.2) is 17.0 Å². The summed E-state index contributed by atoms with van der Waals surface area (Å²) in [6.07, 6.45) is 1.47. The van der Waals surface area contributed by atoms with Gasteiger partial charge in [0.2, 0.25) is 15.8 Å². The minimum absolute atomic E-state index is 0.147. The van der Waals surface area contributed by atoms with Crippen LogP contribution in [0.25, 0.3) is 0 Å². The van der Waals surface area contributed by atoms with E-state index in [4.69, 9.17) is 0 Å². The molecule has 0 aliphatic heterocycles. The molecule has 1 aromatic carbocycles. The lowest BCUT2D eigenvalue weighted by atomic mass is 10.2. The SMILES string of the molecule is CCCC(C)N(C)S(=O)(=O)c1cc([N+](=O)[O-])c(F)cc1C. The van der Waals surface area contributed by atoms with E-state index in [0.29, 0.717) is 6.42 Å². The molecule has 0 fully saturated rings. The predicted octanol–water partition coefficient (Wildman–Crippen LogP) is 2.85. The molecule has 0 aliphatic rings. The van der Waals surface area contributed by atoms with Gasteiger partial charge in [-0.1, -0.05) is 13.3 Å². The Bertz CT molecular complexity index is 646. The summed E-state index contributed by atoms with van der Waals surface area (Å²) in [5, 5.41) is 10.8. The molecule has 0 aromatic heterocycles. The van der Waals surface area contributed by atoms with E-state index in [9.17, 15) is 22.9 Å². The van der Waals surface area contributed by atoms with E-state index in [1.165, 1.54) is 18.3 Å². The largest absolute Gasteiger partial charge is 0.306 e. The lowest BCUT2D eigenvalue weighted by Crippen LogP contribution is -2.35. The number of nitro groups is 1. The summed E-state index contributed by atoms with van der Waals surface area (Å²) >= 11 is 0. The zero-order chi connectivity index (χ0) is 16.4. The first-order valence-corrected chi connectivity index (χ1v) is 7.99. The Morgan fingerprint density at radius 2 is 2.00 bits per heavy atom. The number of benzene rings is 1. The summed E-state index contributed by atoms with van der Waals surface area (Å²) in [6.45, 7) is 5.11. The van der Waals surface area contributed by atoms with Crippen molar-refractivity contribution in [3.63, 3.8) is 0 Å². The minimum Gasteiger partial charge on any atom is -0.258 e. The Morgan fingerprint density at radius 3 is 2.48 bits per heavy atom. The highest BCUT2D eigenvalue weighted by Crippen LogP contribution is 2.28. The van der Waals surface area contributed by atoms with Crippen LogP contribution in [0.5, 0.6) is 0 Å². The molecule has 0 bridgehead atoms. The number of hydrogen-bond donors (Lipinski definition) is 0. The maximum absolute atomic E-state index is 13.5. The zero-order valence-electron chi connectivity index (χ0n) is 12.5. The molecule has 1 aromatic rings. The summed E-state index contributed by atoms with van der Waals surface area (Å²) in [4.78, 5) is 9.61. The lowest BCUT2D eigenvalue weighted by molar-refractivity contribution is -0.387. The molecule has 0 heterocycles. The molecule has 0 amide bonds. The van der Waals surface area contributed by atoms with Gasteiger partial charge in [0, 0.05) is 19.2 Å². The highest BCUT2D eigenvalue weighted by Gasteiger charge is 2.29. The lowest BCUT2D eigenvalue weighted by Gasteiger charge is -2.24. The number of sulfonamides is 1. The smallest absolute Gasteiger partial charge is 0.258 e. The fourth-order valence-electron chi connectivity index (χ4n) is 2.05. The van der Waals surface area contributed by atoms with Crippen LogP contribution in [0.4, 0.5) is 10.1 Å². The normalized spacial score (nSPS) is 13.4. The van der Waals surface area contributed by atoms with E-state index in [2.05, 4.69) is 0 Å². The van der Waals surface area contributed by atoms with Crippen LogP contribution in [-0.2, 0) is 10.0 Å². The van der Waals surface area contributed by atoms with Gasteiger partial charge < -0.3 is 0 Å². The van der Waals surface area contributed by atoms with Crippen LogP contribution in [0.1, 0.15) is 32.3 Å². The fourth-order valence-corrected chi connectivity index (χ4v) is 3.67. The van der Waals surface area contributed by atoms with Crippen LogP contribution >= 0.6 is 0 Å². The van der Waals surface area contributed by atoms with Gasteiger partial charge >= 0.3 is 5.69 Å². The van der Waals surface area contributed by atoms with Crippen molar-refractivity contribution >= 4 is 15.7 Å². The molecule has 6 nitrogen and oxygen atoms in total. The number of rotatable bonds is 6. The summed E-state index contributed by atoms with van der Waals surface area (Å²) in [5.74, 6) is -1.04. The van der Waals surface area contributed by atoms with Gasteiger partial charge in [0.1, 0.15) is 0 Å². The number of aryl methyl sites for hydroxylation is 1. The van der Waals surface area contributed by atoms with Crippen molar-refractivity contribution in [3.8, 4) is 0 Å². The van der Waals surface area contributed by atoms with Crippen LogP contribution in [0, 0.1) is 22.9 Å². The highest BCUT2D eigenvalue weighted by molar-refractivity contribution is 7.89. The van der Waals surface area contributed by atoms with Gasteiger partial charge in [-0.2, -0.15) is 8.70 Å². The predicted molar refractivity (Wildman–Crippen MR) is 77.1 cm³/mol. The maximum atomic E-state index is 13.5. The molecule has 0 radical (unpaired) electrons. The van der Waals surface area contributed by atoms with Gasteiger partial charge in [0.05, 0.1) is 9.82 Å². The van der Waals surface area contributed by atoms with Gasteiger partial charge in [-0.3, -0.25) is 10.1 Å². The Hall–Kier alpha value is -1.54. The van der Waals surface area contributed by atoms with Gasteiger partial charge in [0.25, 0.3) is 0 Å². The fraction of sp³-hybridized carbons (Fsp3) is 0.538. The minimum atomic E-state index is -3.90. The zero-order valence-corrected chi connectivity index (χ0v) is 13.3. The molecule has 0 aliphatic carbocycles. The Kier molecular flexibility index (Phi) is 5.41. The maximum Gasteiger partial charge on any atom is 0.306 e. The Labute approximate surface area is 123 Å². The molecule has 8 heteroatoms. The first-order chi connectivity index (χ1) is 9.62. The van der Waals surface area contributed by atoms with E-state index >= 15 is 0 Å². The van der Waals surface area contributed by atoms with Crippen LogP contribution in [0.2, 0.25) is 0 Å². The Morgan fingerprint density at radius 1 is 1.43 bits per heavy atom. The molecule has 0 saturated carbocycles. The van der Waals surface area contributed by atoms with Crippen molar-refractivity contribution in [2.75, 3.05) is 7.05 Å². The first-order valence-electron chi connectivity index (χ1n) is 6.55.